The molecule has 128 valence electrons. The SMILES string of the molecule is CC[C@@H](C(=O)O)N1C(=O)/C(=C/c2cccc(OC)c2OC)SC1=S. The van der Waals surface area contributed by atoms with Crippen molar-refractivity contribution in [1.29, 1.82) is 0 Å². The number of ether oxygens (including phenoxy) is 2. The number of para-hydroxylation sites is 1. The van der Waals surface area contributed by atoms with E-state index >= 15 is 0 Å². The Kier molecular flexibility index (Phi) is 5.84. The Hall–Kier alpha value is -2.06. The summed E-state index contributed by atoms with van der Waals surface area (Å²) in [6.45, 7) is 1.70. The van der Waals surface area contributed by atoms with Gasteiger partial charge in [0.05, 0.1) is 19.1 Å². The van der Waals surface area contributed by atoms with Crippen LogP contribution in [0.25, 0.3) is 6.08 Å². The molecule has 1 aliphatic heterocycles. The number of hydrogen-bond acceptors (Lipinski definition) is 6. The summed E-state index contributed by atoms with van der Waals surface area (Å²) in [5.74, 6) is -0.452. The van der Waals surface area contributed by atoms with Gasteiger partial charge < -0.3 is 14.6 Å². The normalized spacial score (nSPS) is 17.3. The largest absolute Gasteiger partial charge is 0.493 e. The van der Waals surface area contributed by atoms with E-state index in [0.717, 1.165) is 16.7 Å². The Morgan fingerprint density at radius 3 is 2.67 bits per heavy atom. The maximum absolute atomic E-state index is 12.6. The quantitative estimate of drug-likeness (QED) is 0.612. The summed E-state index contributed by atoms with van der Waals surface area (Å²) in [6.07, 6.45) is 1.91. The summed E-state index contributed by atoms with van der Waals surface area (Å²) in [7, 11) is 3.04. The highest BCUT2D eigenvalue weighted by atomic mass is 32.2. The highest BCUT2D eigenvalue weighted by Gasteiger charge is 2.39. The van der Waals surface area contributed by atoms with E-state index in [1.165, 1.54) is 14.2 Å². The zero-order chi connectivity index (χ0) is 17.9. The van der Waals surface area contributed by atoms with Gasteiger partial charge in [-0.3, -0.25) is 9.69 Å². The zero-order valence-electron chi connectivity index (χ0n) is 13.4. The molecule has 8 heteroatoms. The maximum Gasteiger partial charge on any atom is 0.326 e. The molecular formula is C16H17NO5S2. The summed E-state index contributed by atoms with van der Waals surface area (Å²) in [5.41, 5.74) is 0.653. The first-order valence-electron chi connectivity index (χ1n) is 7.15. The molecule has 2 rings (SSSR count). The van der Waals surface area contributed by atoms with Gasteiger partial charge in [-0.2, -0.15) is 0 Å². The molecule has 0 aliphatic carbocycles. The van der Waals surface area contributed by atoms with E-state index in [1.54, 1.807) is 31.2 Å². The topological polar surface area (TPSA) is 76.1 Å². The minimum Gasteiger partial charge on any atom is -0.493 e. The van der Waals surface area contributed by atoms with Crippen LogP contribution in [0.2, 0.25) is 0 Å². The van der Waals surface area contributed by atoms with Gasteiger partial charge in [0.15, 0.2) is 11.5 Å². The molecule has 1 aromatic rings. The van der Waals surface area contributed by atoms with Gasteiger partial charge in [-0.05, 0) is 18.6 Å². The first kappa shape index (κ1) is 18.3. The average molecular weight is 367 g/mol. The highest BCUT2D eigenvalue weighted by Crippen LogP contribution is 2.38. The number of carbonyl (C=O) groups is 2. The van der Waals surface area contributed by atoms with Crippen LogP contribution >= 0.6 is 24.0 Å². The number of rotatable bonds is 6. The van der Waals surface area contributed by atoms with Crippen LogP contribution in [0, 0.1) is 0 Å². The number of carboxylic acids is 1. The van der Waals surface area contributed by atoms with Crippen molar-refractivity contribution in [2.45, 2.75) is 19.4 Å². The second-order valence-electron chi connectivity index (χ2n) is 4.90. The minimum absolute atomic E-state index is 0.238. The van der Waals surface area contributed by atoms with Crippen LogP contribution < -0.4 is 9.47 Å². The summed E-state index contributed by atoms with van der Waals surface area (Å²) in [6, 6.07) is 4.34. The van der Waals surface area contributed by atoms with Crippen molar-refractivity contribution >= 4 is 46.3 Å². The Morgan fingerprint density at radius 2 is 2.12 bits per heavy atom. The van der Waals surface area contributed by atoms with Gasteiger partial charge in [-0.1, -0.05) is 43.0 Å². The van der Waals surface area contributed by atoms with Crippen LogP contribution in [0.15, 0.2) is 23.1 Å². The third-order valence-electron chi connectivity index (χ3n) is 3.53. The number of carbonyl (C=O) groups excluding carboxylic acids is 1. The van der Waals surface area contributed by atoms with E-state index in [4.69, 9.17) is 21.7 Å². The predicted molar refractivity (Wildman–Crippen MR) is 96.3 cm³/mol. The molecule has 1 fully saturated rings. The number of benzene rings is 1. The molecule has 0 bridgehead atoms. The number of methoxy groups -OCH3 is 2. The Morgan fingerprint density at radius 1 is 1.42 bits per heavy atom. The summed E-state index contributed by atoms with van der Waals surface area (Å²) < 4.78 is 10.8. The predicted octanol–water partition coefficient (Wildman–Crippen LogP) is 2.77. The molecule has 1 atom stereocenters. The molecule has 1 aromatic carbocycles. The molecule has 0 aromatic heterocycles. The Bertz CT molecular complexity index is 716. The number of amides is 1. The number of aliphatic carboxylic acids is 1. The second-order valence-corrected chi connectivity index (χ2v) is 6.57. The molecule has 24 heavy (non-hydrogen) atoms. The fourth-order valence-corrected chi connectivity index (χ4v) is 3.73. The van der Waals surface area contributed by atoms with Gasteiger partial charge >= 0.3 is 5.97 Å². The highest BCUT2D eigenvalue weighted by molar-refractivity contribution is 8.26. The van der Waals surface area contributed by atoms with Gasteiger partial charge in [-0.15, -0.1) is 0 Å². The standard InChI is InChI=1S/C16H17NO5S2/c1-4-10(15(19)20)17-14(18)12(24-16(17)23)8-9-6-5-7-11(21-2)13(9)22-3/h5-8,10H,4H2,1-3H3,(H,19,20)/b12-8-/t10-/m0/s1. The molecule has 1 amide bonds. The van der Waals surface area contributed by atoms with Crippen molar-refractivity contribution in [2.75, 3.05) is 14.2 Å². The van der Waals surface area contributed by atoms with E-state index in [-0.39, 0.29) is 10.7 Å². The number of thioether (sulfide) groups is 1. The van der Waals surface area contributed by atoms with Gasteiger partial charge in [-0.25, -0.2) is 4.79 Å². The Labute approximate surface area is 149 Å². The van der Waals surface area contributed by atoms with Crippen molar-refractivity contribution in [3.8, 4) is 11.5 Å². The molecule has 0 radical (unpaired) electrons. The molecule has 1 aliphatic rings. The zero-order valence-corrected chi connectivity index (χ0v) is 15.1. The number of nitrogens with zero attached hydrogens (tertiary/aromatic N) is 1. The molecule has 1 N–H and O–H groups in total. The minimum atomic E-state index is -1.07. The summed E-state index contributed by atoms with van der Waals surface area (Å²) in [5, 5.41) is 9.28. The van der Waals surface area contributed by atoms with Crippen molar-refractivity contribution < 1.29 is 24.2 Å². The smallest absolute Gasteiger partial charge is 0.326 e. The van der Waals surface area contributed by atoms with Crippen LogP contribution in [0.1, 0.15) is 18.9 Å². The lowest BCUT2D eigenvalue weighted by molar-refractivity contribution is -0.145. The van der Waals surface area contributed by atoms with E-state index in [1.807, 2.05) is 0 Å². The van der Waals surface area contributed by atoms with Crippen LogP contribution in [0.4, 0.5) is 0 Å². The van der Waals surface area contributed by atoms with E-state index < -0.39 is 17.9 Å². The van der Waals surface area contributed by atoms with Crippen molar-refractivity contribution in [3.63, 3.8) is 0 Å². The molecular weight excluding hydrogens is 350 g/mol. The summed E-state index contributed by atoms with van der Waals surface area (Å²) >= 11 is 6.27. The lowest BCUT2D eigenvalue weighted by Gasteiger charge is -2.21. The van der Waals surface area contributed by atoms with Gasteiger partial charge in [0.1, 0.15) is 10.4 Å². The first-order valence-corrected chi connectivity index (χ1v) is 8.37. The van der Waals surface area contributed by atoms with E-state index in [9.17, 15) is 14.7 Å². The number of thiocarbonyl (C=S) groups is 1. The number of hydrogen-bond donors (Lipinski definition) is 1. The van der Waals surface area contributed by atoms with Gasteiger partial charge in [0.2, 0.25) is 0 Å². The Balaban J connectivity index is 2.41. The third-order valence-corrected chi connectivity index (χ3v) is 4.86. The second kappa shape index (κ2) is 7.67. The third kappa shape index (κ3) is 3.39. The van der Waals surface area contributed by atoms with Crippen molar-refractivity contribution in [1.82, 2.24) is 4.90 Å². The van der Waals surface area contributed by atoms with Crippen LogP contribution in [0.5, 0.6) is 11.5 Å². The molecule has 0 saturated carbocycles. The van der Waals surface area contributed by atoms with Crippen molar-refractivity contribution in [2.24, 2.45) is 0 Å². The lowest BCUT2D eigenvalue weighted by Crippen LogP contribution is -2.43. The molecule has 1 saturated heterocycles. The first-order chi connectivity index (χ1) is 11.4. The fourth-order valence-electron chi connectivity index (χ4n) is 2.38. The van der Waals surface area contributed by atoms with E-state index in [0.29, 0.717) is 22.0 Å². The van der Waals surface area contributed by atoms with Crippen LogP contribution in [0.3, 0.4) is 0 Å². The summed E-state index contributed by atoms with van der Waals surface area (Å²) in [4.78, 5) is 25.4. The van der Waals surface area contributed by atoms with Crippen LogP contribution in [-0.4, -0.2) is 46.5 Å². The molecule has 1 heterocycles. The maximum atomic E-state index is 12.6. The van der Waals surface area contributed by atoms with Crippen LogP contribution in [-0.2, 0) is 9.59 Å². The molecule has 0 unspecified atom stereocenters. The number of carboxylic acid groups (broad SMARTS) is 1. The lowest BCUT2D eigenvalue weighted by atomic mass is 10.1. The fraction of sp³-hybridized carbons (Fsp3) is 0.312. The molecule has 0 spiro atoms. The van der Waals surface area contributed by atoms with E-state index in [2.05, 4.69) is 0 Å². The van der Waals surface area contributed by atoms with Gasteiger partial charge in [0, 0.05) is 5.56 Å². The van der Waals surface area contributed by atoms with Gasteiger partial charge in [0.25, 0.3) is 5.91 Å². The average Bonchev–Trinajstić information content (AvgIpc) is 2.82. The van der Waals surface area contributed by atoms with Crippen molar-refractivity contribution in [3.05, 3.63) is 28.7 Å². The monoisotopic (exact) mass is 367 g/mol. The molecule has 6 nitrogen and oxygen atoms in total.